The molecule has 1 atom stereocenters. The Balaban J connectivity index is 1.53. The van der Waals surface area contributed by atoms with Crippen molar-refractivity contribution in [2.24, 2.45) is 0 Å². The summed E-state index contributed by atoms with van der Waals surface area (Å²) in [6.07, 6.45) is -0.831. The summed E-state index contributed by atoms with van der Waals surface area (Å²) in [5.41, 5.74) is 0.717. The van der Waals surface area contributed by atoms with Crippen molar-refractivity contribution in [3.63, 3.8) is 0 Å². The normalized spacial score (nSPS) is 11.9. The number of amides is 1. The van der Waals surface area contributed by atoms with Gasteiger partial charge >= 0.3 is 0 Å². The number of carbonyl (C=O) groups is 1. The lowest BCUT2D eigenvalue weighted by Gasteiger charge is -2.13. The van der Waals surface area contributed by atoms with E-state index in [1.807, 2.05) is 42.5 Å². The lowest BCUT2D eigenvalue weighted by atomic mass is 10.0. The van der Waals surface area contributed by atoms with Gasteiger partial charge in [-0.25, -0.2) is 4.39 Å². The number of carbonyl (C=O) groups excluding carboxylic acids is 1. The standard InChI is InChI=1S/C20H18FNO3/c21-17-7-3-4-8-19(17)25-13-20(24)22-12-18(23)16-10-9-14-5-1-2-6-15(14)11-16/h1-11,18,23H,12-13H2,(H,22,24). The highest BCUT2D eigenvalue weighted by atomic mass is 19.1. The number of ether oxygens (including phenoxy) is 1. The predicted molar refractivity (Wildman–Crippen MR) is 93.8 cm³/mol. The van der Waals surface area contributed by atoms with Gasteiger partial charge in [0, 0.05) is 6.54 Å². The lowest BCUT2D eigenvalue weighted by molar-refractivity contribution is -0.123. The van der Waals surface area contributed by atoms with Gasteiger partial charge in [0.15, 0.2) is 18.2 Å². The van der Waals surface area contributed by atoms with Crippen LogP contribution in [-0.2, 0) is 4.79 Å². The highest BCUT2D eigenvalue weighted by Gasteiger charge is 2.11. The maximum atomic E-state index is 13.4. The number of aliphatic hydroxyl groups is 1. The van der Waals surface area contributed by atoms with Crippen LogP contribution in [0, 0.1) is 5.82 Å². The van der Waals surface area contributed by atoms with Gasteiger partial charge in [-0.3, -0.25) is 4.79 Å². The second-order valence-corrected chi connectivity index (χ2v) is 5.65. The van der Waals surface area contributed by atoms with E-state index in [4.69, 9.17) is 4.74 Å². The molecule has 0 aliphatic rings. The van der Waals surface area contributed by atoms with Crippen molar-refractivity contribution in [3.05, 3.63) is 78.1 Å². The van der Waals surface area contributed by atoms with E-state index in [0.29, 0.717) is 5.56 Å². The van der Waals surface area contributed by atoms with Crippen molar-refractivity contribution in [1.82, 2.24) is 5.32 Å². The van der Waals surface area contributed by atoms with Crippen LogP contribution in [0.25, 0.3) is 10.8 Å². The molecule has 0 saturated carbocycles. The Bertz CT molecular complexity index is 881. The van der Waals surface area contributed by atoms with E-state index in [2.05, 4.69) is 5.32 Å². The van der Waals surface area contributed by atoms with Crippen LogP contribution in [0.1, 0.15) is 11.7 Å². The summed E-state index contributed by atoms with van der Waals surface area (Å²) in [7, 11) is 0. The van der Waals surface area contributed by atoms with E-state index in [-0.39, 0.29) is 18.9 Å². The summed E-state index contributed by atoms with van der Waals surface area (Å²) in [5.74, 6) is -0.928. The minimum atomic E-state index is -0.831. The molecule has 0 fully saturated rings. The molecule has 1 unspecified atom stereocenters. The van der Waals surface area contributed by atoms with Crippen molar-refractivity contribution >= 4 is 16.7 Å². The molecule has 0 aromatic heterocycles. The second-order valence-electron chi connectivity index (χ2n) is 5.65. The first-order chi connectivity index (χ1) is 12.1. The first-order valence-corrected chi connectivity index (χ1v) is 7.94. The Morgan fingerprint density at radius 3 is 2.56 bits per heavy atom. The molecule has 128 valence electrons. The molecule has 3 aromatic rings. The zero-order valence-electron chi connectivity index (χ0n) is 13.5. The predicted octanol–water partition coefficient (Wildman–Crippen LogP) is 3.21. The van der Waals surface area contributed by atoms with Crippen molar-refractivity contribution in [2.75, 3.05) is 13.2 Å². The average molecular weight is 339 g/mol. The van der Waals surface area contributed by atoms with E-state index in [1.165, 1.54) is 12.1 Å². The Hall–Kier alpha value is -2.92. The van der Waals surface area contributed by atoms with E-state index in [1.54, 1.807) is 12.1 Å². The third-order valence-corrected chi connectivity index (χ3v) is 3.85. The molecule has 0 spiro atoms. The fourth-order valence-electron chi connectivity index (χ4n) is 2.50. The molecule has 0 aliphatic carbocycles. The number of rotatable bonds is 6. The zero-order chi connectivity index (χ0) is 17.6. The number of aliphatic hydroxyl groups excluding tert-OH is 1. The van der Waals surface area contributed by atoms with Crippen molar-refractivity contribution in [3.8, 4) is 5.75 Å². The molecule has 2 N–H and O–H groups in total. The monoisotopic (exact) mass is 339 g/mol. The maximum absolute atomic E-state index is 13.4. The molecule has 0 radical (unpaired) electrons. The number of halogens is 1. The van der Waals surface area contributed by atoms with E-state index >= 15 is 0 Å². The number of nitrogens with one attached hydrogen (secondary N) is 1. The van der Waals surface area contributed by atoms with Crippen molar-refractivity contribution < 1.29 is 19.0 Å². The Morgan fingerprint density at radius 1 is 1.04 bits per heavy atom. The summed E-state index contributed by atoms with van der Waals surface area (Å²) < 4.78 is 18.5. The third kappa shape index (κ3) is 4.33. The third-order valence-electron chi connectivity index (χ3n) is 3.85. The quantitative estimate of drug-likeness (QED) is 0.725. The van der Waals surface area contributed by atoms with Crippen molar-refractivity contribution in [2.45, 2.75) is 6.10 Å². The fourth-order valence-corrected chi connectivity index (χ4v) is 2.50. The summed E-state index contributed by atoms with van der Waals surface area (Å²) in [4.78, 5) is 11.8. The topological polar surface area (TPSA) is 58.6 Å². The highest BCUT2D eigenvalue weighted by Crippen LogP contribution is 2.20. The summed E-state index contributed by atoms with van der Waals surface area (Å²) >= 11 is 0. The largest absolute Gasteiger partial charge is 0.481 e. The molecule has 4 nitrogen and oxygen atoms in total. The molecule has 0 saturated heterocycles. The van der Waals surface area contributed by atoms with Gasteiger partial charge in [-0.1, -0.05) is 48.5 Å². The van der Waals surface area contributed by atoms with Crippen LogP contribution in [0.4, 0.5) is 4.39 Å². The van der Waals surface area contributed by atoms with E-state index < -0.39 is 17.8 Å². The van der Waals surface area contributed by atoms with Crippen LogP contribution >= 0.6 is 0 Å². The number of fused-ring (bicyclic) bond motifs is 1. The van der Waals surface area contributed by atoms with Crippen LogP contribution in [0.15, 0.2) is 66.7 Å². The molecular weight excluding hydrogens is 321 g/mol. The Kier molecular flexibility index (Phi) is 5.26. The van der Waals surface area contributed by atoms with Crippen LogP contribution in [-0.4, -0.2) is 24.2 Å². The number of hydrogen-bond donors (Lipinski definition) is 2. The van der Waals surface area contributed by atoms with Crippen LogP contribution < -0.4 is 10.1 Å². The maximum Gasteiger partial charge on any atom is 0.258 e. The number of benzene rings is 3. The van der Waals surface area contributed by atoms with E-state index in [0.717, 1.165) is 10.8 Å². The van der Waals surface area contributed by atoms with Crippen LogP contribution in [0.2, 0.25) is 0 Å². The van der Waals surface area contributed by atoms with Gasteiger partial charge in [-0.2, -0.15) is 0 Å². The first kappa shape index (κ1) is 16.9. The number of hydrogen-bond acceptors (Lipinski definition) is 3. The summed E-state index contributed by atoms with van der Waals surface area (Å²) in [6, 6.07) is 19.4. The van der Waals surface area contributed by atoms with Gasteiger partial charge < -0.3 is 15.2 Å². The van der Waals surface area contributed by atoms with Gasteiger partial charge in [-0.05, 0) is 34.5 Å². The SMILES string of the molecule is O=C(COc1ccccc1F)NCC(O)c1ccc2ccccc2c1. The van der Waals surface area contributed by atoms with Gasteiger partial charge in [0.05, 0.1) is 6.10 Å². The molecule has 1 amide bonds. The minimum Gasteiger partial charge on any atom is -0.481 e. The molecule has 0 heterocycles. The van der Waals surface area contributed by atoms with Crippen LogP contribution in [0.5, 0.6) is 5.75 Å². The average Bonchev–Trinajstić information content (AvgIpc) is 2.65. The summed E-state index contributed by atoms with van der Waals surface area (Å²) in [6.45, 7) is -0.261. The van der Waals surface area contributed by atoms with Crippen LogP contribution in [0.3, 0.4) is 0 Å². The Morgan fingerprint density at radius 2 is 1.76 bits per heavy atom. The molecule has 0 bridgehead atoms. The highest BCUT2D eigenvalue weighted by molar-refractivity contribution is 5.83. The smallest absolute Gasteiger partial charge is 0.258 e. The summed E-state index contributed by atoms with van der Waals surface area (Å²) in [5, 5.41) is 14.9. The first-order valence-electron chi connectivity index (χ1n) is 7.94. The van der Waals surface area contributed by atoms with Crippen molar-refractivity contribution in [1.29, 1.82) is 0 Å². The second kappa shape index (κ2) is 7.77. The van der Waals surface area contributed by atoms with E-state index in [9.17, 15) is 14.3 Å². The van der Waals surface area contributed by atoms with Gasteiger partial charge in [-0.15, -0.1) is 0 Å². The molecular formula is C20H18FNO3. The molecule has 3 aromatic carbocycles. The van der Waals surface area contributed by atoms with Gasteiger partial charge in [0.25, 0.3) is 5.91 Å². The number of para-hydroxylation sites is 1. The molecule has 3 rings (SSSR count). The molecule has 0 aliphatic heterocycles. The molecule has 5 heteroatoms. The lowest BCUT2D eigenvalue weighted by Crippen LogP contribution is -2.32. The van der Waals surface area contributed by atoms with Gasteiger partial charge in [0.2, 0.25) is 0 Å². The Labute approximate surface area is 144 Å². The van der Waals surface area contributed by atoms with Gasteiger partial charge in [0.1, 0.15) is 0 Å². The zero-order valence-corrected chi connectivity index (χ0v) is 13.5. The minimum absolute atomic E-state index is 0.0210. The fraction of sp³-hybridized carbons (Fsp3) is 0.150. The molecule has 25 heavy (non-hydrogen) atoms.